The first kappa shape index (κ1) is 22.0. The molecule has 1 N–H and O–H groups in total. The lowest BCUT2D eigenvalue weighted by molar-refractivity contribution is 0.306. The second kappa shape index (κ2) is 12.7. The van der Waals surface area contributed by atoms with Crippen molar-refractivity contribution in [1.82, 2.24) is 0 Å². The Balaban J connectivity index is 1.36. The van der Waals surface area contributed by atoms with Gasteiger partial charge in [-0.3, -0.25) is 0 Å². The van der Waals surface area contributed by atoms with Gasteiger partial charge >= 0.3 is 0 Å². The van der Waals surface area contributed by atoms with Crippen molar-refractivity contribution >= 4 is 5.69 Å². The van der Waals surface area contributed by atoms with E-state index in [0.29, 0.717) is 6.61 Å². The Morgan fingerprint density at radius 1 is 0.633 bits per heavy atom. The van der Waals surface area contributed by atoms with Gasteiger partial charge in [-0.1, -0.05) is 93.6 Å². The summed E-state index contributed by atoms with van der Waals surface area (Å²) in [4.78, 5) is 0. The van der Waals surface area contributed by atoms with E-state index in [4.69, 9.17) is 4.74 Å². The molecule has 0 heterocycles. The highest BCUT2D eigenvalue weighted by Gasteiger charge is 1.99. The average molecular weight is 402 g/mol. The van der Waals surface area contributed by atoms with Crippen LogP contribution in [0.15, 0.2) is 78.9 Å². The zero-order valence-corrected chi connectivity index (χ0v) is 18.3. The molecule has 3 aromatic carbocycles. The van der Waals surface area contributed by atoms with Crippen molar-refractivity contribution in [2.24, 2.45) is 0 Å². The molecule has 2 heteroatoms. The van der Waals surface area contributed by atoms with Crippen molar-refractivity contribution in [3.8, 4) is 5.75 Å². The molecule has 0 radical (unpaired) electrons. The highest BCUT2D eigenvalue weighted by molar-refractivity contribution is 5.45. The maximum absolute atomic E-state index is 5.86. The van der Waals surface area contributed by atoms with Gasteiger partial charge in [0, 0.05) is 12.2 Å². The van der Waals surface area contributed by atoms with Gasteiger partial charge in [0.2, 0.25) is 0 Å². The summed E-state index contributed by atoms with van der Waals surface area (Å²) in [5.41, 5.74) is 5.04. The zero-order valence-electron chi connectivity index (χ0n) is 18.3. The maximum Gasteiger partial charge on any atom is 0.119 e. The monoisotopic (exact) mass is 401 g/mol. The molecule has 0 saturated heterocycles. The number of unbranched alkanes of at least 4 members (excludes halogenated alkanes) is 5. The summed E-state index contributed by atoms with van der Waals surface area (Å²) in [6.07, 6.45) is 9.31. The number of hydrogen-bond donors (Lipinski definition) is 1. The molecule has 0 atom stereocenters. The predicted molar refractivity (Wildman–Crippen MR) is 128 cm³/mol. The Morgan fingerprint density at radius 2 is 1.30 bits per heavy atom. The largest absolute Gasteiger partial charge is 0.489 e. The van der Waals surface area contributed by atoms with Gasteiger partial charge in [-0.2, -0.15) is 0 Å². The second-order valence-electron chi connectivity index (χ2n) is 7.99. The van der Waals surface area contributed by atoms with Gasteiger partial charge in [-0.15, -0.1) is 0 Å². The standard InChI is InChI=1S/C28H35NO/c1-2-3-4-5-6-8-11-24-14-18-27(19-15-24)29-22-25-16-20-28(21-17-25)30-23-26-12-9-7-10-13-26/h7,9-10,12-21,29H,2-6,8,11,22-23H2,1H3. The molecule has 0 spiro atoms. The van der Waals surface area contributed by atoms with Gasteiger partial charge in [0.15, 0.2) is 0 Å². The van der Waals surface area contributed by atoms with Gasteiger partial charge in [0.25, 0.3) is 0 Å². The molecular weight excluding hydrogens is 366 g/mol. The van der Waals surface area contributed by atoms with Crippen molar-refractivity contribution < 1.29 is 4.74 Å². The highest BCUT2D eigenvalue weighted by Crippen LogP contribution is 2.17. The van der Waals surface area contributed by atoms with Crippen LogP contribution >= 0.6 is 0 Å². The van der Waals surface area contributed by atoms with E-state index >= 15 is 0 Å². The Morgan fingerprint density at radius 3 is 2.03 bits per heavy atom. The molecule has 3 aromatic rings. The van der Waals surface area contributed by atoms with Gasteiger partial charge in [-0.05, 0) is 53.8 Å². The molecule has 0 aliphatic rings. The van der Waals surface area contributed by atoms with Gasteiger partial charge in [0.05, 0.1) is 0 Å². The van der Waals surface area contributed by atoms with Crippen LogP contribution in [0, 0.1) is 0 Å². The zero-order chi connectivity index (χ0) is 20.9. The Labute approximate surface area is 182 Å². The number of ether oxygens (including phenoxy) is 1. The quantitative estimate of drug-likeness (QED) is 0.295. The fraction of sp³-hybridized carbons (Fsp3) is 0.357. The smallest absolute Gasteiger partial charge is 0.119 e. The highest BCUT2D eigenvalue weighted by atomic mass is 16.5. The van der Waals surface area contributed by atoms with Crippen molar-refractivity contribution in [3.05, 3.63) is 95.6 Å². The molecule has 0 aromatic heterocycles. The fourth-order valence-electron chi connectivity index (χ4n) is 3.55. The predicted octanol–water partition coefficient (Wildman–Crippen LogP) is 7.78. The molecule has 0 aliphatic heterocycles. The normalized spacial score (nSPS) is 10.7. The third-order valence-corrected chi connectivity index (χ3v) is 5.44. The van der Waals surface area contributed by atoms with Crippen LogP contribution in [0.4, 0.5) is 5.69 Å². The average Bonchev–Trinajstić information content (AvgIpc) is 2.81. The number of benzene rings is 3. The van der Waals surface area contributed by atoms with E-state index in [9.17, 15) is 0 Å². The minimum atomic E-state index is 0.601. The molecule has 3 rings (SSSR count). The molecule has 0 bridgehead atoms. The molecule has 30 heavy (non-hydrogen) atoms. The summed E-state index contributed by atoms with van der Waals surface area (Å²) in [7, 11) is 0. The first-order chi connectivity index (χ1) is 14.8. The van der Waals surface area contributed by atoms with Gasteiger partial charge in [0.1, 0.15) is 12.4 Å². The SMILES string of the molecule is CCCCCCCCc1ccc(NCc2ccc(OCc3ccccc3)cc2)cc1. The molecule has 0 aliphatic carbocycles. The van der Waals surface area contributed by atoms with E-state index in [1.165, 1.54) is 67.3 Å². The number of rotatable bonds is 13. The van der Waals surface area contributed by atoms with E-state index in [1.807, 2.05) is 30.3 Å². The van der Waals surface area contributed by atoms with Gasteiger partial charge < -0.3 is 10.1 Å². The fourth-order valence-corrected chi connectivity index (χ4v) is 3.55. The molecule has 0 unspecified atom stereocenters. The lowest BCUT2D eigenvalue weighted by Gasteiger charge is -2.10. The minimum Gasteiger partial charge on any atom is -0.489 e. The van der Waals surface area contributed by atoms with Crippen LogP contribution in [0.1, 0.15) is 62.1 Å². The summed E-state index contributed by atoms with van der Waals surface area (Å²) in [5.74, 6) is 0.904. The summed E-state index contributed by atoms with van der Waals surface area (Å²) in [5, 5.41) is 3.52. The van der Waals surface area contributed by atoms with Crippen molar-refractivity contribution in [3.63, 3.8) is 0 Å². The summed E-state index contributed by atoms with van der Waals surface area (Å²) < 4.78 is 5.86. The van der Waals surface area contributed by atoms with Crippen molar-refractivity contribution in [2.45, 2.75) is 65.0 Å². The topological polar surface area (TPSA) is 21.3 Å². The molecule has 0 fully saturated rings. The second-order valence-corrected chi connectivity index (χ2v) is 7.99. The van der Waals surface area contributed by atoms with E-state index in [2.05, 4.69) is 60.8 Å². The molecular formula is C28H35NO. The number of aryl methyl sites for hydroxylation is 1. The lowest BCUT2D eigenvalue weighted by Crippen LogP contribution is -2.00. The van der Waals surface area contributed by atoms with Crippen molar-refractivity contribution in [2.75, 3.05) is 5.32 Å². The van der Waals surface area contributed by atoms with Crippen LogP contribution in [0.3, 0.4) is 0 Å². The van der Waals surface area contributed by atoms with Crippen LogP contribution in [-0.4, -0.2) is 0 Å². The minimum absolute atomic E-state index is 0.601. The first-order valence-electron chi connectivity index (χ1n) is 11.4. The van der Waals surface area contributed by atoms with E-state index in [-0.39, 0.29) is 0 Å². The molecule has 0 saturated carbocycles. The van der Waals surface area contributed by atoms with Crippen LogP contribution in [0.5, 0.6) is 5.75 Å². The summed E-state index contributed by atoms with van der Waals surface area (Å²) in [6.45, 7) is 3.69. The number of nitrogens with one attached hydrogen (secondary N) is 1. The van der Waals surface area contributed by atoms with E-state index in [0.717, 1.165) is 12.3 Å². The molecule has 158 valence electrons. The van der Waals surface area contributed by atoms with Crippen LogP contribution < -0.4 is 10.1 Å². The van der Waals surface area contributed by atoms with Crippen LogP contribution in [0.2, 0.25) is 0 Å². The Kier molecular flexibility index (Phi) is 9.33. The summed E-state index contributed by atoms with van der Waals surface area (Å²) in [6, 6.07) is 27.5. The Bertz CT molecular complexity index is 825. The lowest BCUT2D eigenvalue weighted by atomic mass is 10.0. The molecule has 2 nitrogen and oxygen atoms in total. The van der Waals surface area contributed by atoms with E-state index in [1.54, 1.807) is 0 Å². The third-order valence-electron chi connectivity index (χ3n) is 5.44. The molecule has 0 amide bonds. The van der Waals surface area contributed by atoms with E-state index < -0.39 is 0 Å². The summed E-state index contributed by atoms with van der Waals surface area (Å²) >= 11 is 0. The van der Waals surface area contributed by atoms with Crippen LogP contribution in [0.25, 0.3) is 0 Å². The van der Waals surface area contributed by atoms with Crippen LogP contribution in [-0.2, 0) is 19.6 Å². The number of anilines is 1. The first-order valence-corrected chi connectivity index (χ1v) is 11.4. The van der Waals surface area contributed by atoms with Gasteiger partial charge in [-0.25, -0.2) is 0 Å². The Hall–Kier alpha value is -2.74. The third kappa shape index (κ3) is 7.94. The number of hydrogen-bond acceptors (Lipinski definition) is 2. The maximum atomic E-state index is 5.86. The van der Waals surface area contributed by atoms with Crippen molar-refractivity contribution in [1.29, 1.82) is 0 Å².